The van der Waals surface area contributed by atoms with Gasteiger partial charge in [0.05, 0.1) is 18.0 Å². The van der Waals surface area contributed by atoms with Crippen LogP contribution >= 0.6 is 11.3 Å². The van der Waals surface area contributed by atoms with Gasteiger partial charge in [0.25, 0.3) is 11.8 Å². The molecule has 1 fully saturated rings. The Balaban J connectivity index is 1.74. The molecule has 19 heavy (non-hydrogen) atoms. The van der Waals surface area contributed by atoms with Gasteiger partial charge in [0.1, 0.15) is 0 Å². The number of nitrogens with zero attached hydrogens (tertiary/aromatic N) is 1. The highest BCUT2D eigenvalue weighted by Gasteiger charge is 2.25. The molecule has 7 heteroatoms. The van der Waals surface area contributed by atoms with Gasteiger partial charge in [0, 0.05) is 6.04 Å². The van der Waals surface area contributed by atoms with Crippen molar-refractivity contribution in [1.82, 2.24) is 15.8 Å². The first kappa shape index (κ1) is 14.0. The van der Waals surface area contributed by atoms with Gasteiger partial charge in [-0.25, -0.2) is 0 Å². The molecule has 1 atom stereocenters. The summed E-state index contributed by atoms with van der Waals surface area (Å²) in [6, 6.07) is 3.52. The Bertz CT molecular complexity index is 435. The predicted molar refractivity (Wildman–Crippen MR) is 71.6 cm³/mol. The number of likely N-dealkylation sites (tertiary alicyclic amines) is 1. The van der Waals surface area contributed by atoms with Crippen LogP contribution in [0, 0.1) is 0 Å². The molecule has 3 N–H and O–H groups in total. The lowest BCUT2D eigenvalue weighted by Crippen LogP contribution is -2.47. The first-order valence-corrected chi connectivity index (χ1v) is 7.06. The fourth-order valence-electron chi connectivity index (χ4n) is 2.13. The summed E-state index contributed by atoms with van der Waals surface area (Å²) in [5, 5.41) is 10.9. The van der Waals surface area contributed by atoms with Crippen molar-refractivity contribution in [3.05, 3.63) is 22.4 Å². The van der Waals surface area contributed by atoms with E-state index in [9.17, 15) is 9.59 Å². The molecular weight excluding hydrogens is 266 g/mol. The molecule has 0 radical (unpaired) electrons. The number of hydrogen-bond acceptors (Lipinski definition) is 5. The van der Waals surface area contributed by atoms with Gasteiger partial charge in [-0.2, -0.15) is 0 Å². The third-order valence-electron chi connectivity index (χ3n) is 3.12. The van der Waals surface area contributed by atoms with E-state index in [0.29, 0.717) is 4.88 Å². The summed E-state index contributed by atoms with van der Waals surface area (Å²) in [6.07, 6.45) is 1.89. The Labute approximate surface area is 115 Å². The van der Waals surface area contributed by atoms with Gasteiger partial charge in [0.2, 0.25) is 0 Å². The van der Waals surface area contributed by atoms with E-state index in [-0.39, 0.29) is 31.0 Å². The lowest BCUT2D eigenvalue weighted by molar-refractivity contribution is -0.123. The van der Waals surface area contributed by atoms with E-state index in [0.717, 1.165) is 19.4 Å². The first-order chi connectivity index (χ1) is 9.20. The molecule has 1 aliphatic heterocycles. The number of nitrogens with one attached hydrogen (secondary N) is 2. The van der Waals surface area contributed by atoms with Crippen LogP contribution in [0.25, 0.3) is 0 Å². The standard InChI is InChI=1S/C12H17N3O3S/c16-8-9-3-1-5-15(9)7-11(17)13-14-12(18)10-4-2-6-19-10/h2,4,6,9,16H,1,3,5,7-8H2,(H,13,17)(H,14,18). The van der Waals surface area contributed by atoms with Gasteiger partial charge >= 0.3 is 0 Å². The monoisotopic (exact) mass is 283 g/mol. The summed E-state index contributed by atoms with van der Waals surface area (Å²) in [4.78, 5) is 25.8. The summed E-state index contributed by atoms with van der Waals surface area (Å²) >= 11 is 1.31. The first-order valence-electron chi connectivity index (χ1n) is 6.18. The smallest absolute Gasteiger partial charge is 0.279 e. The van der Waals surface area contributed by atoms with Gasteiger partial charge in [0.15, 0.2) is 0 Å². The minimum Gasteiger partial charge on any atom is -0.395 e. The quantitative estimate of drug-likeness (QED) is 0.678. The van der Waals surface area contributed by atoms with Crippen molar-refractivity contribution in [3.8, 4) is 0 Å². The molecule has 1 aliphatic rings. The number of rotatable bonds is 4. The molecule has 2 amide bonds. The molecule has 1 unspecified atom stereocenters. The molecule has 2 rings (SSSR count). The highest BCUT2D eigenvalue weighted by atomic mass is 32.1. The largest absolute Gasteiger partial charge is 0.395 e. The third kappa shape index (κ3) is 3.76. The number of carbonyl (C=O) groups is 2. The second-order valence-electron chi connectivity index (χ2n) is 4.43. The van der Waals surface area contributed by atoms with E-state index in [1.807, 2.05) is 4.90 Å². The number of hydrazine groups is 1. The Hall–Kier alpha value is -1.44. The van der Waals surface area contributed by atoms with Crippen molar-refractivity contribution in [1.29, 1.82) is 0 Å². The van der Waals surface area contributed by atoms with Gasteiger partial charge < -0.3 is 5.11 Å². The summed E-state index contributed by atoms with van der Waals surface area (Å²) < 4.78 is 0. The molecule has 6 nitrogen and oxygen atoms in total. The molecule has 1 aromatic rings. The molecule has 0 aliphatic carbocycles. The average molecular weight is 283 g/mol. The molecule has 1 aromatic heterocycles. The third-order valence-corrected chi connectivity index (χ3v) is 3.99. The van der Waals surface area contributed by atoms with E-state index in [4.69, 9.17) is 5.11 Å². The maximum Gasteiger partial charge on any atom is 0.279 e. The predicted octanol–water partition coefficient (Wildman–Crippen LogP) is -0.0342. The second-order valence-corrected chi connectivity index (χ2v) is 5.38. The highest BCUT2D eigenvalue weighted by molar-refractivity contribution is 7.12. The van der Waals surface area contributed by atoms with Crippen molar-refractivity contribution in [2.75, 3.05) is 19.7 Å². The van der Waals surface area contributed by atoms with Crippen molar-refractivity contribution in [3.63, 3.8) is 0 Å². The van der Waals surface area contributed by atoms with Crippen molar-refractivity contribution in [2.45, 2.75) is 18.9 Å². The molecule has 0 aromatic carbocycles. The second kappa shape index (κ2) is 6.65. The van der Waals surface area contributed by atoms with Gasteiger partial charge in [-0.05, 0) is 30.8 Å². The number of carbonyl (C=O) groups excluding carboxylic acids is 2. The minimum absolute atomic E-state index is 0.0544. The average Bonchev–Trinajstić information content (AvgIpc) is 3.06. The van der Waals surface area contributed by atoms with Crippen molar-refractivity contribution in [2.24, 2.45) is 0 Å². The zero-order valence-electron chi connectivity index (χ0n) is 10.5. The van der Waals surface area contributed by atoms with Crippen LogP contribution in [0.15, 0.2) is 17.5 Å². The summed E-state index contributed by atoms with van der Waals surface area (Å²) in [5.41, 5.74) is 4.76. The Kier molecular flexibility index (Phi) is 4.89. The van der Waals surface area contributed by atoms with Crippen LogP contribution in [0.2, 0.25) is 0 Å². The number of aliphatic hydroxyl groups excluding tert-OH is 1. The van der Waals surface area contributed by atoms with E-state index in [2.05, 4.69) is 10.9 Å². The molecule has 0 saturated carbocycles. The van der Waals surface area contributed by atoms with Gasteiger partial charge in [-0.15, -0.1) is 11.3 Å². The van der Waals surface area contributed by atoms with E-state index < -0.39 is 0 Å². The lowest BCUT2D eigenvalue weighted by atomic mass is 10.2. The summed E-state index contributed by atoms with van der Waals surface area (Å²) in [7, 11) is 0. The van der Waals surface area contributed by atoms with Crippen molar-refractivity contribution < 1.29 is 14.7 Å². The van der Waals surface area contributed by atoms with E-state index in [1.165, 1.54) is 11.3 Å². The maximum atomic E-state index is 11.7. The van der Waals surface area contributed by atoms with Crippen LogP contribution in [0.4, 0.5) is 0 Å². The lowest BCUT2D eigenvalue weighted by Gasteiger charge is -2.21. The Morgan fingerprint density at radius 1 is 1.47 bits per heavy atom. The molecule has 2 heterocycles. The number of hydrogen-bond donors (Lipinski definition) is 3. The highest BCUT2D eigenvalue weighted by Crippen LogP contribution is 2.15. The van der Waals surface area contributed by atoms with Gasteiger partial charge in [-0.3, -0.25) is 25.3 Å². The Morgan fingerprint density at radius 2 is 2.32 bits per heavy atom. The van der Waals surface area contributed by atoms with Crippen molar-refractivity contribution >= 4 is 23.2 Å². The molecule has 0 spiro atoms. The zero-order valence-corrected chi connectivity index (χ0v) is 11.3. The van der Waals surface area contributed by atoms with Crippen LogP contribution in [-0.2, 0) is 4.79 Å². The van der Waals surface area contributed by atoms with Gasteiger partial charge in [-0.1, -0.05) is 6.07 Å². The topological polar surface area (TPSA) is 81.7 Å². The number of thiophene rings is 1. The van der Waals surface area contributed by atoms with E-state index in [1.54, 1.807) is 17.5 Å². The summed E-state index contributed by atoms with van der Waals surface area (Å²) in [6.45, 7) is 1.06. The zero-order chi connectivity index (χ0) is 13.7. The van der Waals surface area contributed by atoms with Crippen LogP contribution in [-0.4, -0.2) is 47.6 Å². The summed E-state index contributed by atoms with van der Waals surface area (Å²) in [5.74, 6) is -0.589. The Morgan fingerprint density at radius 3 is 3.00 bits per heavy atom. The SMILES string of the molecule is O=C(CN1CCCC1CO)NNC(=O)c1cccs1. The van der Waals surface area contributed by atoms with Crippen LogP contribution in [0.3, 0.4) is 0 Å². The molecule has 104 valence electrons. The van der Waals surface area contributed by atoms with Crippen LogP contribution in [0.1, 0.15) is 22.5 Å². The maximum absolute atomic E-state index is 11.7. The fourth-order valence-corrected chi connectivity index (χ4v) is 2.75. The number of aliphatic hydroxyl groups is 1. The van der Waals surface area contributed by atoms with E-state index >= 15 is 0 Å². The molecule has 0 bridgehead atoms. The number of amides is 2. The molecular formula is C12H17N3O3S. The van der Waals surface area contributed by atoms with Crippen LogP contribution < -0.4 is 10.9 Å². The molecule has 1 saturated heterocycles. The van der Waals surface area contributed by atoms with Crippen LogP contribution in [0.5, 0.6) is 0 Å². The normalized spacial score (nSPS) is 19.3. The fraction of sp³-hybridized carbons (Fsp3) is 0.500. The minimum atomic E-state index is -0.316.